The van der Waals surface area contributed by atoms with Crippen molar-refractivity contribution in [2.75, 3.05) is 20.1 Å². The molecule has 3 aliphatic rings. The van der Waals surface area contributed by atoms with Gasteiger partial charge in [0.05, 0.1) is 23.9 Å². The van der Waals surface area contributed by atoms with Crippen LogP contribution in [-0.2, 0) is 9.47 Å². The monoisotopic (exact) mass is 394 g/mol. The fourth-order valence-corrected chi connectivity index (χ4v) is 5.33. The van der Waals surface area contributed by atoms with Crippen molar-refractivity contribution in [3.8, 4) is 0 Å². The first kappa shape index (κ1) is 22.5. The second-order valence-corrected chi connectivity index (χ2v) is 11.6. The summed E-state index contributed by atoms with van der Waals surface area (Å²) >= 11 is 0. The number of nitrogens with zero attached hydrogens (tertiary/aromatic N) is 2. The first-order valence-electron chi connectivity index (χ1n) is 11.8. The molecule has 28 heavy (non-hydrogen) atoms. The molecule has 0 bridgehead atoms. The van der Waals surface area contributed by atoms with E-state index in [0.717, 1.165) is 24.9 Å². The lowest BCUT2D eigenvalue weighted by molar-refractivity contribution is -0.167. The smallest absolute Gasteiger partial charge is 0.0631 e. The number of piperidine rings is 1. The Morgan fingerprint density at radius 2 is 1.25 bits per heavy atom. The van der Waals surface area contributed by atoms with E-state index in [9.17, 15) is 0 Å². The van der Waals surface area contributed by atoms with Crippen molar-refractivity contribution in [2.24, 2.45) is 0 Å². The van der Waals surface area contributed by atoms with Crippen LogP contribution in [0.25, 0.3) is 0 Å². The third-order valence-corrected chi connectivity index (χ3v) is 7.17. The lowest BCUT2D eigenvalue weighted by atomic mass is 9.87. The largest absolute Gasteiger partial charge is 0.375 e. The van der Waals surface area contributed by atoms with Crippen molar-refractivity contribution >= 4 is 0 Å². The van der Waals surface area contributed by atoms with Crippen LogP contribution in [0.4, 0.5) is 0 Å². The fraction of sp³-hybridized carbons (Fsp3) is 1.00. The normalized spacial score (nSPS) is 33.9. The second kappa shape index (κ2) is 8.91. The molecular weight excluding hydrogens is 348 g/mol. The number of ether oxygens (including phenoxy) is 2. The van der Waals surface area contributed by atoms with Gasteiger partial charge in [-0.1, -0.05) is 0 Å². The highest BCUT2D eigenvalue weighted by atomic mass is 16.5. The maximum Gasteiger partial charge on any atom is 0.0631 e. The van der Waals surface area contributed by atoms with Gasteiger partial charge in [0.1, 0.15) is 0 Å². The fourth-order valence-electron chi connectivity index (χ4n) is 5.33. The van der Waals surface area contributed by atoms with E-state index in [0.29, 0.717) is 23.9 Å². The summed E-state index contributed by atoms with van der Waals surface area (Å²) in [6.07, 6.45) is 11.2. The molecule has 2 saturated carbocycles. The Balaban J connectivity index is 1.33. The first-order chi connectivity index (χ1) is 13.0. The van der Waals surface area contributed by atoms with Crippen LogP contribution < -0.4 is 0 Å². The molecule has 3 fully saturated rings. The molecule has 2 aliphatic carbocycles. The Hall–Kier alpha value is -0.160. The van der Waals surface area contributed by atoms with Crippen molar-refractivity contribution in [3.05, 3.63) is 0 Å². The van der Waals surface area contributed by atoms with E-state index in [1.165, 1.54) is 51.6 Å². The van der Waals surface area contributed by atoms with Gasteiger partial charge in [-0.3, -0.25) is 4.90 Å². The van der Waals surface area contributed by atoms with E-state index in [4.69, 9.17) is 9.47 Å². The Bertz CT molecular complexity index is 474. The lowest BCUT2D eigenvalue weighted by Crippen LogP contribution is -2.52. The van der Waals surface area contributed by atoms with E-state index in [2.05, 4.69) is 58.4 Å². The summed E-state index contributed by atoms with van der Waals surface area (Å²) in [5, 5.41) is 0. The number of hydrogen-bond acceptors (Lipinski definition) is 4. The van der Waals surface area contributed by atoms with Crippen molar-refractivity contribution in [1.29, 1.82) is 0 Å². The highest BCUT2D eigenvalue weighted by Crippen LogP contribution is 2.35. The Morgan fingerprint density at radius 3 is 1.75 bits per heavy atom. The quantitative estimate of drug-likeness (QED) is 0.665. The summed E-state index contributed by atoms with van der Waals surface area (Å²) in [4.78, 5) is 5.37. The zero-order valence-corrected chi connectivity index (χ0v) is 19.7. The van der Waals surface area contributed by atoms with Gasteiger partial charge < -0.3 is 14.4 Å². The molecule has 164 valence electrons. The first-order valence-corrected chi connectivity index (χ1v) is 11.8. The van der Waals surface area contributed by atoms with Crippen molar-refractivity contribution in [2.45, 2.75) is 134 Å². The van der Waals surface area contributed by atoms with Crippen LogP contribution in [0, 0.1) is 0 Å². The van der Waals surface area contributed by atoms with Crippen LogP contribution in [0.2, 0.25) is 0 Å². The molecule has 0 atom stereocenters. The highest BCUT2D eigenvalue weighted by molar-refractivity contribution is 4.90. The molecule has 0 aromatic heterocycles. The van der Waals surface area contributed by atoms with Crippen molar-refractivity contribution < 1.29 is 9.47 Å². The SMILES string of the molecule is CN(C1CCC(O[C@H]2C[C@H](OC(C)(C)C)C2)CC1)C1CCN(C(C)(C)C)CC1. The zero-order valence-electron chi connectivity index (χ0n) is 19.7. The maximum absolute atomic E-state index is 6.39. The van der Waals surface area contributed by atoms with Gasteiger partial charge in [-0.25, -0.2) is 0 Å². The molecule has 0 radical (unpaired) electrons. The topological polar surface area (TPSA) is 24.9 Å². The molecule has 0 spiro atoms. The van der Waals surface area contributed by atoms with Gasteiger partial charge in [0.15, 0.2) is 0 Å². The van der Waals surface area contributed by atoms with Gasteiger partial charge in [-0.05, 0) is 100.0 Å². The summed E-state index contributed by atoms with van der Waals surface area (Å²) in [5.41, 5.74) is 0.290. The van der Waals surface area contributed by atoms with Crippen molar-refractivity contribution in [3.63, 3.8) is 0 Å². The summed E-state index contributed by atoms with van der Waals surface area (Å²) < 4.78 is 12.4. The van der Waals surface area contributed by atoms with Crippen molar-refractivity contribution in [1.82, 2.24) is 9.80 Å². The van der Waals surface area contributed by atoms with Crippen LogP contribution in [0.15, 0.2) is 0 Å². The Kier molecular flexibility index (Phi) is 7.17. The predicted octanol–water partition coefficient (Wildman–Crippen LogP) is 4.86. The minimum atomic E-state index is -0.0265. The van der Waals surface area contributed by atoms with Gasteiger partial charge in [-0.15, -0.1) is 0 Å². The van der Waals surface area contributed by atoms with Gasteiger partial charge in [0.25, 0.3) is 0 Å². The second-order valence-electron chi connectivity index (χ2n) is 11.6. The van der Waals surface area contributed by atoms with Crippen LogP contribution in [0.5, 0.6) is 0 Å². The molecule has 1 aliphatic heterocycles. The summed E-state index contributed by atoms with van der Waals surface area (Å²) in [6, 6.07) is 1.52. The zero-order chi connectivity index (χ0) is 20.5. The molecule has 4 heteroatoms. The summed E-state index contributed by atoms with van der Waals surface area (Å²) in [6.45, 7) is 16.0. The molecule has 0 aromatic carbocycles. The third kappa shape index (κ3) is 6.17. The number of rotatable bonds is 5. The van der Waals surface area contributed by atoms with Crippen LogP contribution in [-0.4, -0.2) is 71.5 Å². The molecule has 0 N–H and O–H groups in total. The molecule has 0 unspecified atom stereocenters. The molecule has 1 heterocycles. The average molecular weight is 395 g/mol. The summed E-state index contributed by atoms with van der Waals surface area (Å²) in [7, 11) is 2.38. The Labute approximate surface area is 174 Å². The lowest BCUT2D eigenvalue weighted by Gasteiger charge is -2.46. The number of hydrogen-bond donors (Lipinski definition) is 0. The average Bonchev–Trinajstić information content (AvgIpc) is 2.58. The van der Waals surface area contributed by atoms with Gasteiger partial charge >= 0.3 is 0 Å². The molecular formula is C24H46N2O2. The standard InChI is InChI=1S/C24H46N2O2/c1-23(2,3)26-14-12-19(13-15-26)25(7)18-8-10-20(11-9-18)27-21-16-22(17-21)28-24(4,5)6/h18-22H,8-17H2,1-7H3/t18?,20?,21-,22-. The van der Waals surface area contributed by atoms with Gasteiger partial charge in [0, 0.05) is 30.7 Å². The summed E-state index contributed by atoms with van der Waals surface area (Å²) in [5.74, 6) is 0. The number of likely N-dealkylation sites (tertiary alicyclic amines) is 1. The molecule has 3 rings (SSSR count). The Morgan fingerprint density at radius 1 is 0.714 bits per heavy atom. The molecule has 0 aromatic rings. The van der Waals surface area contributed by atoms with Gasteiger partial charge in [0.2, 0.25) is 0 Å². The van der Waals surface area contributed by atoms with E-state index < -0.39 is 0 Å². The maximum atomic E-state index is 6.39. The van der Waals surface area contributed by atoms with E-state index in [-0.39, 0.29) is 5.60 Å². The predicted molar refractivity (Wildman–Crippen MR) is 117 cm³/mol. The van der Waals surface area contributed by atoms with Gasteiger partial charge in [-0.2, -0.15) is 0 Å². The molecule has 1 saturated heterocycles. The van der Waals surface area contributed by atoms with Crippen LogP contribution in [0.1, 0.15) is 92.9 Å². The van der Waals surface area contributed by atoms with E-state index in [1.807, 2.05) is 0 Å². The molecule has 0 amide bonds. The van der Waals surface area contributed by atoms with E-state index >= 15 is 0 Å². The minimum absolute atomic E-state index is 0.0265. The van der Waals surface area contributed by atoms with E-state index in [1.54, 1.807) is 0 Å². The molecule has 4 nitrogen and oxygen atoms in total. The van der Waals surface area contributed by atoms with Crippen LogP contribution >= 0.6 is 0 Å². The minimum Gasteiger partial charge on any atom is -0.375 e. The van der Waals surface area contributed by atoms with Crippen LogP contribution in [0.3, 0.4) is 0 Å². The highest BCUT2D eigenvalue weighted by Gasteiger charge is 2.37. The third-order valence-electron chi connectivity index (χ3n) is 7.17.